The molecule has 90 valence electrons. The largest absolute Gasteiger partial charge is 0.355 e. The van der Waals surface area contributed by atoms with Crippen molar-refractivity contribution in [3.8, 4) is 0 Å². The fourth-order valence-electron chi connectivity index (χ4n) is 4.84. The van der Waals surface area contributed by atoms with E-state index >= 15 is 0 Å². The van der Waals surface area contributed by atoms with Crippen LogP contribution in [0.3, 0.4) is 0 Å². The molecule has 2 nitrogen and oxygen atoms in total. The molecule has 1 N–H and O–H groups in total. The van der Waals surface area contributed by atoms with Crippen LogP contribution in [-0.2, 0) is 4.79 Å². The molecule has 4 aliphatic rings. The van der Waals surface area contributed by atoms with Crippen LogP contribution < -0.4 is 5.32 Å². The van der Waals surface area contributed by atoms with E-state index in [-0.39, 0.29) is 5.91 Å². The van der Waals surface area contributed by atoms with Gasteiger partial charge >= 0.3 is 0 Å². The van der Waals surface area contributed by atoms with Gasteiger partial charge in [0.25, 0.3) is 0 Å². The highest BCUT2D eigenvalue weighted by atomic mass is 79.9. The van der Waals surface area contributed by atoms with E-state index in [1.165, 1.54) is 38.5 Å². The zero-order valence-electron chi connectivity index (χ0n) is 9.68. The smallest absolute Gasteiger partial charge is 0.230 e. The fourth-order valence-corrected chi connectivity index (χ4v) is 5.04. The molecule has 4 aliphatic carbocycles. The van der Waals surface area contributed by atoms with Gasteiger partial charge < -0.3 is 5.32 Å². The first-order valence-corrected chi connectivity index (χ1v) is 7.64. The minimum absolute atomic E-state index is 0.149. The van der Waals surface area contributed by atoms with E-state index in [1.807, 2.05) is 0 Å². The Labute approximate surface area is 106 Å². The van der Waals surface area contributed by atoms with Gasteiger partial charge in [-0.25, -0.2) is 0 Å². The lowest BCUT2D eigenvalue weighted by atomic mass is 9.49. The fraction of sp³-hybridized carbons (Fsp3) is 0.923. The molecule has 0 aromatic heterocycles. The Hall–Kier alpha value is -0.0500. The van der Waals surface area contributed by atoms with Crippen molar-refractivity contribution in [2.75, 3.05) is 11.9 Å². The predicted molar refractivity (Wildman–Crippen MR) is 67.4 cm³/mol. The van der Waals surface area contributed by atoms with Gasteiger partial charge in [0, 0.05) is 6.54 Å². The highest BCUT2D eigenvalue weighted by Gasteiger charge is 2.50. The van der Waals surface area contributed by atoms with Crippen LogP contribution in [0.15, 0.2) is 0 Å². The minimum Gasteiger partial charge on any atom is -0.355 e. The van der Waals surface area contributed by atoms with Gasteiger partial charge in [0.05, 0.1) is 5.33 Å². The van der Waals surface area contributed by atoms with E-state index in [0.717, 1.165) is 24.3 Å². The third-order valence-electron chi connectivity index (χ3n) is 4.95. The Morgan fingerprint density at radius 3 is 2.06 bits per heavy atom. The first-order valence-electron chi connectivity index (χ1n) is 6.52. The first-order chi connectivity index (χ1) is 7.69. The molecule has 4 rings (SSSR count). The number of amides is 1. The molecule has 3 heteroatoms. The van der Waals surface area contributed by atoms with E-state index in [2.05, 4.69) is 21.2 Å². The Morgan fingerprint density at radius 1 is 1.12 bits per heavy atom. The molecule has 4 bridgehead atoms. The first kappa shape index (κ1) is 11.1. The summed E-state index contributed by atoms with van der Waals surface area (Å²) in [6.45, 7) is 0.931. The number of carbonyl (C=O) groups is 1. The van der Waals surface area contributed by atoms with Gasteiger partial charge in [0.2, 0.25) is 5.91 Å². The Morgan fingerprint density at radius 2 is 1.62 bits per heavy atom. The van der Waals surface area contributed by atoms with E-state index in [1.54, 1.807) is 0 Å². The molecular formula is C13H20BrNO. The van der Waals surface area contributed by atoms with Gasteiger partial charge in [-0.15, -0.1) is 0 Å². The standard InChI is InChI=1S/C13H20BrNO/c14-7-12(16)15-8-13-4-9-1-10(5-13)3-11(2-9)6-13/h9-11H,1-8H2,(H,15,16). The van der Waals surface area contributed by atoms with E-state index in [0.29, 0.717) is 10.7 Å². The maximum Gasteiger partial charge on any atom is 0.230 e. The number of hydrogen-bond acceptors (Lipinski definition) is 1. The van der Waals surface area contributed by atoms with Crippen LogP contribution in [0.1, 0.15) is 38.5 Å². The van der Waals surface area contributed by atoms with Gasteiger partial charge in [-0.3, -0.25) is 4.79 Å². The summed E-state index contributed by atoms with van der Waals surface area (Å²) in [5.74, 6) is 3.09. The van der Waals surface area contributed by atoms with Crippen molar-refractivity contribution in [2.45, 2.75) is 38.5 Å². The molecule has 0 spiro atoms. The summed E-state index contributed by atoms with van der Waals surface area (Å²) in [7, 11) is 0. The van der Waals surface area contributed by atoms with Crippen LogP contribution in [0.2, 0.25) is 0 Å². The topological polar surface area (TPSA) is 29.1 Å². The van der Waals surface area contributed by atoms with Crippen molar-refractivity contribution in [3.05, 3.63) is 0 Å². The zero-order chi connectivity index (χ0) is 11.2. The van der Waals surface area contributed by atoms with E-state index in [9.17, 15) is 4.79 Å². The van der Waals surface area contributed by atoms with Crippen molar-refractivity contribution in [2.24, 2.45) is 23.2 Å². The second-order valence-electron chi connectivity index (χ2n) is 6.33. The van der Waals surface area contributed by atoms with Crippen molar-refractivity contribution < 1.29 is 4.79 Å². The second-order valence-corrected chi connectivity index (χ2v) is 6.89. The van der Waals surface area contributed by atoms with Crippen LogP contribution in [0.5, 0.6) is 0 Å². The Balaban J connectivity index is 1.67. The number of rotatable bonds is 3. The van der Waals surface area contributed by atoms with Crippen LogP contribution in [0.25, 0.3) is 0 Å². The number of nitrogens with one attached hydrogen (secondary N) is 1. The van der Waals surface area contributed by atoms with Gasteiger partial charge in [-0.05, 0) is 61.7 Å². The van der Waals surface area contributed by atoms with Gasteiger partial charge in [-0.1, -0.05) is 15.9 Å². The summed E-state index contributed by atoms with van der Waals surface area (Å²) in [5.41, 5.74) is 0.479. The normalized spacial score (nSPS) is 44.7. The van der Waals surface area contributed by atoms with Crippen LogP contribution in [0.4, 0.5) is 0 Å². The highest BCUT2D eigenvalue weighted by molar-refractivity contribution is 9.09. The van der Waals surface area contributed by atoms with Crippen LogP contribution in [0, 0.1) is 23.2 Å². The van der Waals surface area contributed by atoms with Crippen molar-refractivity contribution in [3.63, 3.8) is 0 Å². The lowest BCUT2D eigenvalue weighted by Crippen LogP contribution is -2.51. The summed E-state index contributed by atoms with van der Waals surface area (Å²) in [4.78, 5) is 11.3. The SMILES string of the molecule is O=C(CBr)NCC12CC3CC(CC(C3)C1)C2. The average molecular weight is 286 g/mol. The zero-order valence-corrected chi connectivity index (χ0v) is 11.3. The summed E-state index contributed by atoms with van der Waals surface area (Å²) < 4.78 is 0. The van der Waals surface area contributed by atoms with Gasteiger partial charge in [-0.2, -0.15) is 0 Å². The van der Waals surface area contributed by atoms with Crippen LogP contribution in [-0.4, -0.2) is 17.8 Å². The number of carbonyl (C=O) groups excluding carboxylic acids is 1. The van der Waals surface area contributed by atoms with Gasteiger partial charge in [0.15, 0.2) is 0 Å². The molecule has 0 atom stereocenters. The molecule has 0 radical (unpaired) electrons. The van der Waals surface area contributed by atoms with Crippen LogP contribution >= 0.6 is 15.9 Å². The second kappa shape index (κ2) is 4.01. The highest BCUT2D eigenvalue weighted by Crippen LogP contribution is 2.59. The minimum atomic E-state index is 0.149. The quantitative estimate of drug-likeness (QED) is 0.794. The maximum absolute atomic E-state index is 11.3. The molecule has 4 fully saturated rings. The molecule has 16 heavy (non-hydrogen) atoms. The van der Waals surface area contributed by atoms with Gasteiger partial charge in [0.1, 0.15) is 0 Å². The number of hydrogen-bond donors (Lipinski definition) is 1. The molecule has 0 heterocycles. The Bertz CT molecular complexity index is 267. The third-order valence-corrected chi connectivity index (χ3v) is 5.46. The summed E-state index contributed by atoms with van der Waals surface area (Å²) in [6.07, 6.45) is 8.56. The molecule has 0 unspecified atom stereocenters. The monoisotopic (exact) mass is 285 g/mol. The third kappa shape index (κ3) is 1.92. The molecule has 4 saturated carbocycles. The van der Waals surface area contributed by atoms with E-state index in [4.69, 9.17) is 0 Å². The summed E-state index contributed by atoms with van der Waals surface area (Å²) in [6, 6.07) is 0. The lowest BCUT2D eigenvalue weighted by Gasteiger charge is -2.56. The van der Waals surface area contributed by atoms with Crippen molar-refractivity contribution in [1.82, 2.24) is 5.32 Å². The van der Waals surface area contributed by atoms with E-state index < -0.39 is 0 Å². The lowest BCUT2D eigenvalue weighted by molar-refractivity contribution is -0.120. The van der Waals surface area contributed by atoms with Crippen molar-refractivity contribution in [1.29, 1.82) is 0 Å². The summed E-state index contributed by atoms with van der Waals surface area (Å²) >= 11 is 3.21. The summed E-state index contributed by atoms with van der Waals surface area (Å²) in [5, 5.41) is 3.55. The Kier molecular flexibility index (Phi) is 2.77. The molecule has 1 amide bonds. The van der Waals surface area contributed by atoms with Crippen molar-refractivity contribution >= 4 is 21.8 Å². The number of halogens is 1. The molecule has 0 aliphatic heterocycles. The number of alkyl halides is 1. The average Bonchev–Trinajstić information content (AvgIpc) is 2.24. The maximum atomic E-state index is 11.3. The molecule has 0 saturated heterocycles. The molecule has 0 aromatic carbocycles. The molecular weight excluding hydrogens is 266 g/mol. The predicted octanol–water partition coefficient (Wildman–Crippen LogP) is 2.71. The molecule has 0 aromatic rings.